The Morgan fingerprint density at radius 2 is 2.00 bits per heavy atom. The molecule has 2 aromatic carbocycles. The van der Waals surface area contributed by atoms with Crippen LogP contribution in [0.4, 0.5) is 11.6 Å². The van der Waals surface area contributed by atoms with E-state index in [1.807, 2.05) is 6.92 Å². The van der Waals surface area contributed by atoms with Crippen LogP contribution in [0, 0.1) is 5.92 Å². The molecule has 1 heterocycles. The van der Waals surface area contributed by atoms with E-state index in [0.29, 0.717) is 23.5 Å². The molecule has 1 aromatic heterocycles. The molecule has 1 saturated carbocycles. The molecule has 1 amide bonds. The van der Waals surface area contributed by atoms with Crippen molar-refractivity contribution in [1.82, 2.24) is 9.97 Å². The van der Waals surface area contributed by atoms with Crippen LogP contribution < -0.4 is 14.4 Å². The van der Waals surface area contributed by atoms with E-state index in [1.54, 1.807) is 23.1 Å². The van der Waals surface area contributed by atoms with Crippen LogP contribution in [0.1, 0.15) is 26.2 Å². The molecule has 3 aromatic rings. The fourth-order valence-electron chi connectivity index (χ4n) is 3.21. The van der Waals surface area contributed by atoms with Gasteiger partial charge in [0.1, 0.15) is 17.4 Å². The van der Waals surface area contributed by atoms with Crippen LogP contribution in [0.5, 0.6) is 5.75 Å². The number of carbonyl (C=O) groups is 1. The molecule has 0 atom stereocenters. The van der Waals surface area contributed by atoms with Crippen LogP contribution in [-0.2, 0) is 14.9 Å². The molecule has 0 radical (unpaired) electrons. The number of anilines is 2. The lowest BCUT2D eigenvalue weighted by atomic mass is 10.3. The van der Waals surface area contributed by atoms with Gasteiger partial charge in [-0.25, -0.2) is 4.98 Å². The van der Waals surface area contributed by atoms with E-state index in [1.165, 1.54) is 24.3 Å². The minimum absolute atomic E-state index is 0.00477. The highest BCUT2D eigenvalue weighted by Crippen LogP contribution is 2.30. The van der Waals surface area contributed by atoms with E-state index in [4.69, 9.17) is 4.18 Å². The molecule has 3 N–H and O–H groups in total. The first-order valence-corrected chi connectivity index (χ1v) is 11.5. The van der Waals surface area contributed by atoms with Crippen molar-refractivity contribution < 1.29 is 22.5 Å². The average molecular weight is 445 g/mol. The normalized spacial score (nSPS) is 13.9. The number of aliphatic hydroxyl groups excluding tert-OH is 1. The molecule has 0 aliphatic heterocycles. The second kappa shape index (κ2) is 8.56. The van der Waals surface area contributed by atoms with Gasteiger partial charge in [-0.1, -0.05) is 6.92 Å². The maximum absolute atomic E-state index is 12.7. The molecule has 10 heteroatoms. The summed E-state index contributed by atoms with van der Waals surface area (Å²) in [5, 5.41) is 12.2. The third-order valence-corrected chi connectivity index (χ3v) is 6.27. The summed E-state index contributed by atoms with van der Waals surface area (Å²) in [6, 6.07) is 10.8. The zero-order valence-corrected chi connectivity index (χ0v) is 17.9. The Hall–Kier alpha value is -3.11. The van der Waals surface area contributed by atoms with Crippen LogP contribution in [0.25, 0.3) is 11.0 Å². The number of rotatable bonds is 9. The molecular weight excluding hydrogens is 420 g/mol. The van der Waals surface area contributed by atoms with Crippen molar-refractivity contribution >= 4 is 38.7 Å². The molecule has 164 valence electrons. The summed E-state index contributed by atoms with van der Waals surface area (Å²) in [6.07, 6.45) is 2.63. The maximum Gasteiger partial charge on any atom is 0.339 e. The SMILES string of the molecule is CCCN(CO)c1ccc(S(=O)(=O)Oc2ccc3[nH]c(NC(=O)C4CC4)nc3c2)cc1. The van der Waals surface area contributed by atoms with Crippen molar-refractivity contribution in [1.29, 1.82) is 0 Å². The molecule has 0 spiro atoms. The lowest BCUT2D eigenvalue weighted by Gasteiger charge is -2.21. The first kappa shape index (κ1) is 21.1. The lowest BCUT2D eigenvalue weighted by molar-refractivity contribution is -0.117. The number of hydrogen-bond donors (Lipinski definition) is 3. The molecular formula is C21H24N4O5S. The first-order valence-electron chi connectivity index (χ1n) is 10.1. The Balaban J connectivity index is 1.49. The number of benzene rings is 2. The zero-order valence-electron chi connectivity index (χ0n) is 17.0. The number of imidazole rings is 1. The number of aliphatic hydroxyl groups is 1. The zero-order chi connectivity index (χ0) is 22.0. The quantitative estimate of drug-likeness (QED) is 0.342. The smallest absolute Gasteiger partial charge is 0.339 e. The minimum atomic E-state index is -4.05. The van der Waals surface area contributed by atoms with Crippen molar-refractivity contribution in [3.05, 3.63) is 42.5 Å². The van der Waals surface area contributed by atoms with Crippen molar-refractivity contribution in [2.45, 2.75) is 31.1 Å². The van der Waals surface area contributed by atoms with E-state index in [-0.39, 0.29) is 29.2 Å². The number of nitrogens with zero attached hydrogens (tertiary/aromatic N) is 2. The van der Waals surface area contributed by atoms with Gasteiger partial charge in [0.15, 0.2) is 0 Å². The van der Waals surface area contributed by atoms with Gasteiger partial charge >= 0.3 is 10.1 Å². The molecule has 0 unspecified atom stereocenters. The largest absolute Gasteiger partial charge is 0.379 e. The second-order valence-electron chi connectivity index (χ2n) is 7.46. The van der Waals surface area contributed by atoms with E-state index in [9.17, 15) is 18.3 Å². The topological polar surface area (TPSA) is 125 Å². The Bertz CT molecular complexity index is 1190. The molecule has 9 nitrogen and oxygen atoms in total. The van der Waals surface area contributed by atoms with Gasteiger partial charge in [0, 0.05) is 24.2 Å². The Kier molecular flexibility index (Phi) is 5.84. The summed E-state index contributed by atoms with van der Waals surface area (Å²) >= 11 is 0. The number of hydrogen-bond acceptors (Lipinski definition) is 7. The van der Waals surface area contributed by atoms with Gasteiger partial charge in [-0.2, -0.15) is 8.42 Å². The van der Waals surface area contributed by atoms with Crippen LogP contribution in [0.15, 0.2) is 47.4 Å². The Morgan fingerprint density at radius 1 is 1.26 bits per heavy atom. The van der Waals surface area contributed by atoms with Crippen molar-refractivity contribution in [2.75, 3.05) is 23.5 Å². The fraction of sp³-hybridized carbons (Fsp3) is 0.333. The van der Waals surface area contributed by atoms with E-state index in [0.717, 1.165) is 24.9 Å². The molecule has 31 heavy (non-hydrogen) atoms. The highest BCUT2D eigenvalue weighted by atomic mass is 32.2. The van der Waals surface area contributed by atoms with Crippen molar-refractivity contribution in [3.63, 3.8) is 0 Å². The van der Waals surface area contributed by atoms with Crippen LogP contribution in [-0.4, -0.2) is 42.7 Å². The lowest BCUT2D eigenvalue weighted by Crippen LogP contribution is -2.24. The summed E-state index contributed by atoms with van der Waals surface area (Å²) in [6.45, 7) is 2.50. The third kappa shape index (κ3) is 4.80. The molecule has 1 aliphatic carbocycles. The minimum Gasteiger partial charge on any atom is -0.379 e. The van der Waals surface area contributed by atoms with Crippen LogP contribution in [0.2, 0.25) is 0 Å². The van der Waals surface area contributed by atoms with Gasteiger partial charge < -0.3 is 19.2 Å². The third-order valence-electron chi connectivity index (χ3n) is 5.00. The number of fused-ring (bicyclic) bond motifs is 1. The van der Waals surface area contributed by atoms with Gasteiger partial charge in [0.2, 0.25) is 11.9 Å². The summed E-state index contributed by atoms with van der Waals surface area (Å²) in [5.74, 6) is 0.421. The van der Waals surface area contributed by atoms with Crippen LogP contribution in [0.3, 0.4) is 0 Å². The standard InChI is InChI=1S/C21H24N4O5S/c1-2-11-25(13-26)15-5-8-17(9-6-15)31(28,29)30-16-7-10-18-19(12-16)23-21(22-18)24-20(27)14-3-4-14/h5-10,12,14,26H,2-4,11,13H2,1H3,(H2,22,23,24,27). The summed E-state index contributed by atoms with van der Waals surface area (Å²) < 4.78 is 30.6. The fourth-order valence-corrected chi connectivity index (χ4v) is 4.13. The van der Waals surface area contributed by atoms with Crippen molar-refractivity contribution in [3.8, 4) is 5.75 Å². The first-order chi connectivity index (χ1) is 14.9. The molecule has 4 rings (SSSR count). The number of amides is 1. The van der Waals surface area contributed by atoms with E-state index >= 15 is 0 Å². The van der Waals surface area contributed by atoms with E-state index < -0.39 is 10.1 Å². The number of carbonyl (C=O) groups excluding carboxylic acids is 1. The number of nitrogens with one attached hydrogen (secondary N) is 2. The highest BCUT2D eigenvalue weighted by Gasteiger charge is 2.30. The number of H-pyrrole nitrogens is 1. The predicted molar refractivity (Wildman–Crippen MR) is 116 cm³/mol. The molecule has 1 aliphatic rings. The van der Waals surface area contributed by atoms with Gasteiger partial charge in [-0.15, -0.1) is 0 Å². The van der Waals surface area contributed by atoms with E-state index in [2.05, 4.69) is 15.3 Å². The Labute approximate surface area is 180 Å². The van der Waals surface area contributed by atoms with Gasteiger partial charge in [-0.3, -0.25) is 10.1 Å². The molecule has 0 saturated heterocycles. The summed E-state index contributed by atoms with van der Waals surface area (Å²) in [4.78, 5) is 20.9. The maximum atomic E-state index is 12.7. The van der Waals surface area contributed by atoms with Gasteiger partial charge in [0.25, 0.3) is 0 Å². The second-order valence-corrected chi connectivity index (χ2v) is 9.01. The molecule has 1 fully saturated rings. The highest BCUT2D eigenvalue weighted by molar-refractivity contribution is 7.87. The Morgan fingerprint density at radius 3 is 2.65 bits per heavy atom. The van der Waals surface area contributed by atoms with Crippen LogP contribution >= 0.6 is 0 Å². The summed E-state index contributed by atoms with van der Waals surface area (Å²) in [7, 11) is -4.05. The predicted octanol–water partition coefficient (Wildman–Crippen LogP) is 2.85. The monoisotopic (exact) mass is 444 g/mol. The van der Waals surface area contributed by atoms with Crippen molar-refractivity contribution in [2.24, 2.45) is 5.92 Å². The average Bonchev–Trinajstić information content (AvgIpc) is 3.53. The number of aromatic nitrogens is 2. The molecule has 0 bridgehead atoms. The van der Waals surface area contributed by atoms with Gasteiger partial charge in [0.05, 0.1) is 11.0 Å². The van der Waals surface area contributed by atoms with Gasteiger partial charge in [-0.05, 0) is 55.7 Å². The number of aromatic amines is 1. The summed E-state index contributed by atoms with van der Waals surface area (Å²) in [5.41, 5.74) is 1.86.